The normalized spacial score (nSPS) is 15.2. The zero-order valence-corrected chi connectivity index (χ0v) is 14.5. The Morgan fingerprint density at radius 2 is 1.83 bits per heavy atom. The predicted molar refractivity (Wildman–Crippen MR) is 97.3 cm³/mol. The van der Waals surface area contributed by atoms with Crippen molar-refractivity contribution in [2.75, 3.05) is 50.0 Å². The molecule has 0 radical (unpaired) electrons. The molecule has 0 saturated carbocycles. The number of halogens is 1. The SMILES string of the molecule is Cc1nc(NCCN2CCOCC2)cc(Nc2ccc(Cl)cc2)n1. The summed E-state index contributed by atoms with van der Waals surface area (Å²) in [6, 6.07) is 9.45. The highest BCUT2D eigenvalue weighted by molar-refractivity contribution is 6.30. The molecule has 2 heterocycles. The summed E-state index contributed by atoms with van der Waals surface area (Å²) < 4.78 is 5.36. The maximum absolute atomic E-state index is 5.91. The number of aromatic nitrogens is 2. The molecule has 2 N–H and O–H groups in total. The number of hydrogen-bond acceptors (Lipinski definition) is 6. The Bertz CT molecular complexity index is 659. The van der Waals surface area contributed by atoms with Crippen LogP contribution in [0.25, 0.3) is 0 Å². The number of morpholine rings is 1. The largest absolute Gasteiger partial charge is 0.379 e. The van der Waals surface area contributed by atoms with E-state index in [0.29, 0.717) is 5.02 Å². The van der Waals surface area contributed by atoms with Crippen LogP contribution in [0.4, 0.5) is 17.3 Å². The van der Waals surface area contributed by atoms with Crippen molar-refractivity contribution in [1.29, 1.82) is 0 Å². The lowest BCUT2D eigenvalue weighted by Crippen LogP contribution is -2.39. The topological polar surface area (TPSA) is 62.3 Å². The van der Waals surface area contributed by atoms with E-state index in [0.717, 1.165) is 62.5 Å². The van der Waals surface area contributed by atoms with Crippen LogP contribution < -0.4 is 10.6 Å². The first-order valence-electron chi connectivity index (χ1n) is 8.11. The van der Waals surface area contributed by atoms with Gasteiger partial charge in [-0.3, -0.25) is 4.90 Å². The number of nitrogens with one attached hydrogen (secondary N) is 2. The van der Waals surface area contributed by atoms with Crippen molar-refractivity contribution in [3.63, 3.8) is 0 Å². The van der Waals surface area contributed by atoms with Crippen molar-refractivity contribution < 1.29 is 4.74 Å². The molecule has 3 rings (SSSR count). The molecule has 0 spiro atoms. The number of rotatable bonds is 6. The highest BCUT2D eigenvalue weighted by atomic mass is 35.5. The molecular formula is C17H22ClN5O. The molecule has 24 heavy (non-hydrogen) atoms. The van der Waals surface area contributed by atoms with Crippen LogP contribution in [0.15, 0.2) is 30.3 Å². The number of nitrogens with zero attached hydrogens (tertiary/aromatic N) is 3. The zero-order chi connectivity index (χ0) is 16.8. The van der Waals surface area contributed by atoms with E-state index >= 15 is 0 Å². The average molecular weight is 348 g/mol. The standard InChI is InChI=1S/C17H22ClN5O/c1-13-20-16(19-6-7-23-8-10-24-11-9-23)12-17(21-13)22-15-4-2-14(18)3-5-15/h2-5,12H,6-11H2,1H3,(H2,19,20,21,22). The summed E-state index contributed by atoms with van der Waals surface area (Å²) in [4.78, 5) is 11.3. The maximum atomic E-state index is 5.91. The van der Waals surface area contributed by atoms with Crippen molar-refractivity contribution >= 4 is 28.9 Å². The first-order valence-corrected chi connectivity index (χ1v) is 8.49. The second-order valence-electron chi connectivity index (χ2n) is 5.70. The molecule has 6 nitrogen and oxygen atoms in total. The lowest BCUT2D eigenvalue weighted by molar-refractivity contribution is 0.0398. The third-order valence-corrected chi connectivity index (χ3v) is 4.04. The number of benzene rings is 1. The summed E-state index contributed by atoms with van der Waals surface area (Å²) in [6.45, 7) is 7.34. The molecule has 0 unspecified atom stereocenters. The van der Waals surface area contributed by atoms with Crippen molar-refractivity contribution in [3.05, 3.63) is 41.2 Å². The minimum Gasteiger partial charge on any atom is -0.379 e. The van der Waals surface area contributed by atoms with Gasteiger partial charge in [0.2, 0.25) is 0 Å². The van der Waals surface area contributed by atoms with Gasteiger partial charge in [-0.2, -0.15) is 0 Å². The first-order chi connectivity index (χ1) is 11.7. The highest BCUT2D eigenvalue weighted by Crippen LogP contribution is 2.19. The van der Waals surface area contributed by atoms with Crippen LogP contribution in [0.1, 0.15) is 5.82 Å². The van der Waals surface area contributed by atoms with Gasteiger partial charge in [-0.25, -0.2) is 9.97 Å². The fourth-order valence-corrected chi connectivity index (χ4v) is 2.70. The van der Waals surface area contributed by atoms with Crippen LogP contribution in [-0.2, 0) is 4.74 Å². The number of anilines is 3. The van der Waals surface area contributed by atoms with E-state index < -0.39 is 0 Å². The van der Waals surface area contributed by atoms with E-state index in [1.165, 1.54) is 0 Å². The molecule has 0 amide bonds. The third-order valence-electron chi connectivity index (χ3n) is 3.79. The number of aryl methyl sites for hydroxylation is 1. The Morgan fingerprint density at radius 1 is 1.12 bits per heavy atom. The van der Waals surface area contributed by atoms with E-state index in [1.54, 1.807) is 0 Å². The number of ether oxygens (including phenoxy) is 1. The molecule has 128 valence electrons. The minimum absolute atomic E-state index is 0.713. The van der Waals surface area contributed by atoms with Crippen molar-refractivity contribution in [2.24, 2.45) is 0 Å². The summed E-state index contributed by atoms with van der Waals surface area (Å²) in [7, 11) is 0. The molecule has 0 atom stereocenters. The fraction of sp³-hybridized carbons (Fsp3) is 0.412. The van der Waals surface area contributed by atoms with Crippen LogP contribution in [-0.4, -0.2) is 54.3 Å². The van der Waals surface area contributed by atoms with Crippen LogP contribution in [0.3, 0.4) is 0 Å². The van der Waals surface area contributed by atoms with Crippen LogP contribution in [0.2, 0.25) is 5.02 Å². The Balaban J connectivity index is 1.57. The Kier molecular flexibility index (Phi) is 5.85. The van der Waals surface area contributed by atoms with Crippen molar-refractivity contribution in [1.82, 2.24) is 14.9 Å². The molecule has 0 bridgehead atoms. The van der Waals surface area contributed by atoms with Gasteiger partial charge in [0.15, 0.2) is 0 Å². The quantitative estimate of drug-likeness (QED) is 0.837. The van der Waals surface area contributed by atoms with Gasteiger partial charge in [-0.1, -0.05) is 11.6 Å². The first kappa shape index (κ1) is 17.0. The van der Waals surface area contributed by atoms with E-state index in [1.807, 2.05) is 37.3 Å². The summed E-state index contributed by atoms with van der Waals surface area (Å²) in [6.07, 6.45) is 0. The summed E-state index contributed by atoms with van der Waals surface area (Å²) in [5.41, 5.74) is 0.941. The second kappa shape index (κ2) is 8.28. The molecule has 1 aliphatic rings. The third kappa shape index (κ3) is 5.06. The smallest absolute Gasteiger partial charge is 0.136 e. The van der Waals surface area contributed by atoms with Crippen LogP contribution in [0, 0.1) is 6.92 Å². The van der Waals surface area contributed by atoms with E-state index in [-0.39, 0.29) is 0 Å². The molecular weight excluding hydrogens is 326 g/mol. The zero-order valence-electron chi connectivity index (χ0n) is 13.8. The Labute approximate surface area is 147 Å². The molecule has 2 aromatic rings. The van der Waals surface area contributed by atoms with Crippen LogP contribution >= 0.6 is 11.6 Å². The van der Waals surface area contributed by atoms with E-state index in [9.17, 15) is 0 Å². The van der Waals surface area contributed by atoms with Gasteiger partial charge in [0.1, 0.15) is 17.5 Å². The van der Waals surface area contributed by atoms with Gasteiger partial charge in [-0.05, 0) is 31.2 Å². The van der Waals surface area contributed by atoms with Crippen LogP contribution in [0.5, 0.6) is 0 Å². The second-order valence-corrected chi connectivity index (χ2v) is 6.13. The fourth-order valence-electron chi connectivity index (χ4n) is 2.57. The lowest BCUT2D eigenvalue weighted by Gasteiger charge is -2.26. The van der Waals surface area contributed by atoms with Crippen molar-refractivity contribution in [3.8, 4) is 0 Å². The molecule has 7 heteroatoms. The van der Waals surface area contributed by atoms with Gasteiger partial charge in [0.05, 0.1) is 13.2 Å². The summed E-state index contributed by atoms with van der Waals surface area (Å²) in [5, 5.41) is 7.36. The van der Waals surface area contributed by atoms with E-state index in [2.05, 4.69) is 25.5 Å². The van der Waals surface area contributed by atoms with Gasteiger partial charge in [-0.15, -0.1) is 0 Å². The molecule has 1 fully saturated rings. The maximum Gasteiger partial charge on any atom is 0.136 e. The van der Waals surface area contributed by atoms with Gasteiger partial charge in [0.25, 0.3) is 0 Å². The molecule has 1 aromatic heterocycles. The molecule has 1 saturated heterocycles. The Hall–Kier alpha value is -1.89. The molecule has 1 aliphatic heterocycles. The van der Waals surface area contributed by atoms with Gasteiger partial charge in [0, 0.05) is 43.0 Å². The van der Waals surface area contributed by atoms with Gasteiger partial charge < -0.3 is 15.4 Å². The lowest BCUT2D eigenvalue weighted by atomic mass is 10.3. The minimum atomic E-state index is 0.713. The summed E-state index contributed by atoms with van der Waals surface area (Å²) in [5.74, 6) is 2.31. The van der Waals surface area contributed by atoms with Crippen molar-refractivity contribution in [2.45, 2.75) is 6.92 Å². The molecule has 0 aliphatic carbocycles. The Morgan fingerprint density at radius 3 is 2.58 bits per heavy atom. The molecule has 1 aromatic carbocycles. The van der Waals surface area contributed by atoms with Gasteiger partial charge >= 0.3 is 0 Å². The highest BCUT2D eigenvalue weighted by Gasteiger charge is 2.09. The summed E-state index contributed by atoms with van der Waals surface area (Å²) >= 11 is 5.91. The average Bonchev–Trinajstić information content (AvgIpc) is 2.57. The monoisotopic (exact) mass is 347 g/mol. The number of hydrogen-bond donors (Lipinski definition) is 2. The van der Waals surface area contributed by atoms with E-state index in [4.69, 9.17) is 16.3 Å². The predicted octanol–water partition coefficient (Wildman–Crippen LogP) is 2.93.